The fourth-order valence-electron chi connectivity index (χ4n) is 5.62. The van der Waals surface area contributed by atoms with E-state index in [4.69, 9.17) is 0 Å². The molecule has 1 unspecified atom stereocenters. The number of carbonyl (C=O) groups excluding carboxylic acids is 2. The number of aromatic nitrogens is 1. The minimum atomic E-state index is -0.279. The Hall–Kier alpha value is -4.48. The number of anilines is 2. The van der Waals surface area contributed by atoms with Crippen LogP contribution in [0.25, 0.3) is 0 Å². The molecule has 38 heavy (non-hydrogen) atoms. The lowest BCUT2D eigenvalue weighted by molar-refractivity contribution is -0.110. The van der Waals surface area contributed by atoms with Gasteiger partial charge in [0.25, 0.3) is 11.8 Å². The van der Waals surface area contributed by atoms with Crippen LogP contribution in [0.1, 0.15) is 59.8 Å². The monoisotopic (exact) mass is 503 g/mol. The van der Waals surface area contributed by atoms with E-state index in [1.807, 2.05) is 47.1 Å². The van der Waals surface area contributed by atoms with Crippen LogP contribution in [0.15, 0.2) is 89.1 Å². The first-order valence-corrected chi connectivity index (χ1v) is 13.1. The van der Waals surface area contributed by atoms with Gasteiger partial charge in [-0.2, -0.15) is 0 Å². The molecular formula is C31H29N5O2. The van der Waals surface area contributed by atoms with Crippen LogP contribution in [0.5, 0.6) is 0 Å². The van der Waals surface area contributed by atoms with Crippen molar-refractivity contribution in [1.29, 1.82) is 0 Å². The third-order valence-corrected chi connectivity index (χ3v) is 7.35. The Balaban J connectivity index is 1.36. The number of benzene rings is 2. The number of nitrogens with one attached hydrogen (secondary N) is 1. The van der Waals surface area contributed by atoms with Gasteiger partial charge in [0.2, 0.25) is 5.84 Å². The zero-order chi connectivity index (χ0) is 26.2. The molecule has 190 valence electrons. The molecule has 0 fully saturated rings. The SMILES string of the molecule is CCCC1=C=C(C)N=C2C(=O)Nc3cc(C(=O)N4CCc5ccccc5C4Cc4ccncc4)ccc3N12. The Morgan fingerprint density at radius 3 is 2.76 bits per heavy atom. The molecule has 0 saturated heterocycles. The maximum absolute atomic E-state index is 14.0. The van der Waals surface area contributed by atoms with Gasteiger partial charge in [-0.1, -0.05) is 43.3 Å². The minimum Gasteiger partial charge on any atom is -0.331 e. The molecule has 1 aromatic heterocycles. The molecule has 0 radical (unpaired) electrons. The van der Waals surface area contributed by atoms with Crippen LogP contribution in [0.3, 0.4) is 0 Å². The van der Waals surface area contributed by atoms with Gasteiger partial charge in [-0.05, 0) is 73.2 Å². The fraction of sp³-hybridized carbons (Fsp3) is 0.258. The highest BCUT2D eigenvalue weighted by molar-refractivity contribution is 6.50. The highest BCUT2D eigenvalue weighted by Crippen LogP contribution is 2.38. The zero-order valence-electron chi connectivity index (χ0n) is 21.6. The summed E-state index contributed by atoms with van der Waals surface area (Å²) in [5, 5.41) is 2.96. The first-order chi connectivity index (χ1) is 18.5. The summed E-state index contributed by atoms with van der Waals surface area (Å²) in [5.74, 6) is 0.0223. The van der Waals surface area contributed by atoms with E-state index in [1.165, 1.54) is 11.1 Å². The molecule has 2 aromatic carbocycles. The number of aliphatic imine (C=N–C) groups is 1. The summed E-state index contributed by atoms with van der Waals surface area (Å²) in [6, 6.07) is 17.9. The number of nitrogens with zero attached hydrogens (tertiary/aromatic N) is 4. The van der Waals surface area contributed by atoms with E-state index in [0.717, 1.165) is 36.2 Å². The van der Waals surface area contributed by atoms with E-state index in [0.29, 0.717) is 35.7 Å². The number of amidine groups is 1. The van der Waals surface area contributed by atoms with Crippen LogP contribution in [-0.4, -0.2) is 34.1 Å². The van der Waals surface area contributed by atoms with E-state index in [2.05, 4.69) is 46.1 Å². The van der Waals surface area contributed by atoms with Crippen molar-refractivity contribution in [3.63, 3.8) is 0 Å². The topological polar surface area (TPSA) is 77.9 Å². The molecule has 0 bridgehead atoms. The zero-order valence-corrected chi connectivity index (χ0v) is 21.6. The average Bonchev–Trinajstić information content (AvgIpc) is 2.93. The Bertz CT molecular complexity index is 1530. The first-order valence-electron chi connectivity index (χ1n) is 13.1. The first kappa shape index (κ1) is 23.9. The van der Waals surface area contributed by atoms with Gasteiger partial charge in [0, 0.05) is 24.5 Å². The van der Waals surface area contributed by atoms with Gasteiger partial charge < -0.3 is 10.2 Å². The Labute approximate surface area is 222 Å². The molecule has 3 aliphatic heterocycles. The van der Waals surface area contributed by atoms with E-state index >= 15 is 0 Å². The van der Waals surface area contributed by atoms with Crippen LogP contribution in [0.2, 0.25) is 0 Å². The van der Waals surface area contributed by atoms with Crippen molar-refractivity contribution in [2.75, 3.05) is 16.8 Å². The molecule has 0 saturated carbocycles. The van der Waals surface area contributed by atoms with E-state index in [9.17, 15) is 9.59 Å². The molecule has 4 heterocycles. The molecule has 1 N–H and O–H groups in total. The van der Waals surface area contributed by atoms with Gasteiger partial charge in [0.05, 0.1) is 28.8 Å². The van der Waals surface area contributed by atoms with Gasteiger partial charge in [0.1, 0.15) is 0 Å². The molecule has 3 aromatic rings. The normalized spacial score (nSPS) is 17.9. The average molecular weight is 504 g/mol. The number of fused-ring (bicyclic) bond motifs is 4. The van der Waals surface area contributed by atoms with Crippen molar-refractivity contribution < 1.29 is 9.59 Å². The van der Waals surface area contributed by atoms with Gasteiger partial charge in [-0.3, -0.25) is 19.5 Å². The molecule has 6 rings (SSSR count). The fourth-order valence-corrected chi connectivity index (χ4v) is 5.62. The lowest BCUT2D eigenvalue weighted by Crippen LogP contribution is -2.45. The summed E-state index contributed by atoms with van der Waals surface area (Å²) in [4.78, 5) is 39.5. The molecule has 0 spiro atoms. The number of pyridine rings is 1. The number of hydrogen-bond donors (Lipinski definition) is 1. The predicted octanol–water partition coefficient (Wildman–Crippen LogP) is 5.42. The second-order valence-electron chi connectivity index (χ2n) is 9.89. The molecule has 2 amide bonds. The molecular weight excluding hydrogens is 474 g/mol. The van der Waals surface area contributed by atoms with Gasteiger partial charge in [-0.25, -0.2) is 4.99 Å². The summed E-state index contributed by atoms with van der Waals surface area (Å²) in [5.41, 5.74) is 10.5. The van der Waals surface area contributed by atoms with Crippen molar-refractivity contribution in [2.45, 2.75) is 45.6 Å². The van der Waals surface area contributed by atoms with Crippen LogP contribution in [-0.2, 0) is 17.6 Å². The molecule has 3 aliphatic rings. The van der Waals surface area contributed by atoms with E-state index in [1.54, 1.807) is 18.5 Å². The maximum Gasteiger partial charge on any atom is 0.292 e. The summed E-state index contributed by atoms with van der Waals surface area (Å²) < 4.78 is 0. The predicted molar refractivity (Wildman–Crippen MR) is 148 cm³/mol. The minimum absolute atomic E-state index is 0.0474. The molecule has 0 aliphatic carbocycles. The number of carbonyl (C=O) groups is 2. The van der Waals surface area contributed by atoms with Crippen LogP contribution in [0, 0.1) is 0 Å². The molecule has 1 atom stereocenters. The van der Waals surface area contributed by atoms with Gasteiger partial charge in [-0.15, -0.1) is 0 Å². The number of hydrogen-bond acceptors (Lipinski definition) is 5. The second kappa shape index (κ2) is 9.77. The van der Waals surface area contributed by atoms with Crippen molar-refractivity contribution in [3.05, 3.63) is 106 Å². The lowest BCUT2D eigenvalue weighted by atomic mass is 9.88. The number of amides is 2. The van der Waals surface area contributed by atoms with Crippen LogP contribution >= 0.6 is 0 Å². The quantitative estimate of drug-likeness (QED) is 0.472. The maximum atomic E-state index is 14.0. The van der Waals surface area contributed by atoms with E-state index < -0.39 is 0 Å². The summed E-state index contributed by atoms with van der Waals surface area (Å²) in [6.07, 6.45) is 6.78. The van der Waals surface area contributed by atoms with Crippen LogP contribution < -0.4 is 10.2 Å². The highest BCUT2D eigenvalue weighted by Gasteiger charge is 2.35. The van der Waals surface area contributed by atoms with E-state index in [-0.39, 0.29) is 17.9 Å². The summed E-state index contributed by atoms with van der Waals surface area (Å²) in [7, 11) is 0. The van der Waals surface area contributed by atoms with Crippen molar-refractivity contribution in [1.82, 2.24) is 9.88 Å². The highest BCUT2D eigenvalue weighted by atomic mass is 16.2. The number of rotatable bonds is 5. The summed E-state index contributed by atoms with van der Waals surface area (Å²) in [6.45, 7) is 4.58. The van der Waals surface area contributed by atoms with Gasteiger partial charge >= 0.3 is 0 Å². The smallest absolute Gasteiger partial charge is 0.292 e. The Morgan fingerprint density at radius 2 is 1.95 bits per heavy atom. The molecule has 7 heteroatoms. The third-order valence-electron chi connectivity index (χ3n) is 7.35. The summed E-state index contributed by atoms with van der Waals surface area (Å²) >= 11 is 0. The lowest BCUT2D eigenvalue weighted by Gasteiger charge is -2.38. The second-order valence-corrected chi connectivity index (χ2v) is 9.89. The third kappa shape index (κ3) is 4.21. The van der Waals surface area contributed by atoms with Crippen molar-refractivity contribution >= 4 is 29.0 Å². The van der Waals surface area contributed by atoms with Crippen LogP contribution in [0.4, 0.5) is 11.4 Å². The van der Waals surface area contributed by atoms with Crippen molar-refractivity contribution in [2.24, 2.45) is 4.99 Å². The number of allylic oxidation sites excluding steroid dienone is 1. The Kier molecular flexibility index (Phi) is 6.14. The van der Waals surface area contributed by atoms with Gasteiger partial charge in [0.15, 0.2) is 0 Å². The standard InChI is InChI=1S/C31H29N5O2/c1-3-6-24-17-20(2)33-29-30(37)34-26-19-23(9-10-27(26)36(24)29)31(38)35-16-13-22-7-4-5-8-25(22)28(35)18-21-11-14-32-15-12-21/h4-5,7-12,14-15,19,28H,3,6,13,16,18H2,1-2H3,(H,34,37). The van der Waals surface area contributed by atoms with Crippen molar-refractivity contribution in [3.8, 4) is 0 Å². The largest absolute Gasteiger partial charge is 0.331 e. The molecule has 7 nitrogen and oxygen atoms in total. The Morgan fingerprint density at radius 1 is 1.13 bits per heavy atom.